The fourth-order valence-corrected chi connectivity index (χ4v) is 2.30. The number of aryl methyl sites for hydroxylation is 1. The summed E-state index contributed by atoms with van der Waals surface area (Å²) in [4.78, 5) is 16.3. The molecule has 0 amide bonds. The van der Waals surface area contributed by atoms with Crippen molar-refractivity contribution in [1.82, 2.24) is 9.56 Å². The summed E-state index contributed by atoms with van der Waals surface area (Å²) < 4.78 is 7.09. The zero-order valence-electron chi connectivity index (χ0n) is 11.1. The highest BCUT2D eigenvalue weighted by molar-refractivity contribution is 6.30. The Balaban J connectivity index is 2.26. The number of aromatic nitrogens is 2. The third-order valence-corrected chi connectivity index (χ3v) is 3.35. The first-order chi connectivity index (χ1) is 10.1. The van der Waals surface area contributed by atoms with Gasteiger partial charge in [0.1, 0.15) is 17.1 Å². The number of halogens is 1. The average molecular weight is 300 g/mol. The number of fused-ring (bicyclic) bond motifs is 1. The smallest absolute Gasteiger partial charge is 0.198 e. The SMILES string of the molecule is Cc1cc2nc(C(=O)CCl)c(-c3ccc(C#N)cc3)n2o1. The summed E-state index contributed by atoms with van der Waals surface area (Å²) in [6.45, 7) is 1.81. The van der Waals surface area contributed by atoms with Gasteiger partial charge in [-0.05, 0) is 19.1 Å². The number of carbonyl (C=O) groups is 1. The van der Waals surface area contributed by atoms with Crippen molar-refractivity contribution in [2.75, 3.05) is 5.88 Å². The van der Waals surface area contributed by atoms with Gasteiger partial charge < -0.3 is 4.52 Å². The lowest BCUT2D eigenvalue weighted by atomic mass is 10.1. The molecule has 0 N–H and O–H groups in total. The molecule has 5 nitrogen and oxygen atoms in total. The van der Waals surface area contributed by atoms with Crippen LogP contribution >= 0.6 is 11.6 Å². The quantitative estimate of drug-likeness (QED) is 0.550. The van der Waals surface area contributed by atoms with E-state index in [0.717, 1.165) is 5.56 Å². The Bertz CT molecular complexity index is 869. The van der Waals surface area contributed by atoms with Crippen LogP contribution in [0.3, 0.4) is 0 Å². The topological polar surface area (TPSA) is 71.3 Å². The van der Waals surface area contributed by atoms with Gasteiger partial charge in [-0.25, -0.2) is 4.98 Å². The number of carbonyl (C=O) groups excluding carboxylic acids is 1. The zero-order valence-corrected chi connectivity index (χ0v) is 11.9. The summed E-state index contributed by atoms with van der Waals surface area (Å²) in [5, 5.41) is 8.86. The minimum Gasteiger partial charge on any atom is -0.378 e. The monoisotopic (exact) mass is 299 g/mol. The van der Waals surface area contributed by atoms with E-state index < -0.39 is 0 Å². The van der Waals surface area contributed by atoms with Gasteiger partial charge in [0.2, 0.25) is 0 Å². The molecule has 0 aliphatic heterocycles. The van der Waals surface area contributed by atoms with Crippen LogP contribution < -0.4 is 0 Å². The minimum atomic E-state index is -0.271. The predicted octanol–water partition coefficient (Wildman–Crippen LogP) is 3.20. The van der Waals surface area contributed by atoms with E-state index in [0.29, 0.717) is 22.7 Å². The van der Waals surface area contributed by atoms with Crippen molar-refractivity contribution >= 4 is 23.0 Å². The third kappa shape index (κ3) is 2.20. The fourth-order valence-electron chi connectivity index (χ4n) is 2.17. The molecular weight excluding hydrogens is 290 g/mol. The molecule has 6 heteroatoms. The molecule has 1 aromatic carbocycles. The van der Waals surface area contributed by atoms with Crippen molar-refractivity contribution in [1.29, 1.82) is 5.26 Å². The number of Topliss-reactive ketones (excluding diaryl/α,β-unsaturated/α-hetero) is 1. The number of imidazole rings is 1. The summed E-state index contributed by atoms with van der Waals surface area (Å²) in [5.41, 5.74) is 2.66. The Labute approximate surface area is 125 Å². The highest BCUT2D eigenvalue weighted by Gasteiger charge is 2.22. The maximum Gasteiger partial charge on any atom is 0.198 e. The van der Waals surface area contributed by atoms with Crippen molar-refractivity contribution < 1.29 is 9.32 Å². The summed E-state index contributed by atoms with van der Waals surface area (Å²) in [6, 6.07) is 10.7. The van der Waals surface area contributed by atoms with Crippen molar-refractivity contribution in [3.63, 3.8) is 0 Å². The highest BCUT2D eigenvalue weighted by Crippen LogP contribution is 2.27. The van der Waals surface area contributed by atoms with E-state index in [1.165, 1.54) is 4.57 Å². The van der Waals surface area contributed by atoms with Gasteiger partial charge in [0.25, 0.3) is 0 Å². The lowest BCUT2D eigenvalue weighted by Crippen LogP contribution is -2.03. The fraction of sp³-hybridized carbons (Fsp3) is 0.133. The lowest BCUT2D eigenvalue weighted by Gasteiger charge is -2.02. The Morgan fingerprint density at radius 1 is 1.43 bits per heavy atom. The largest absolute Gasteiger partial charge is 0.378 e. The molecule has 0 saturated heterocycles. The summed E-state index contributed by atoms with van der Waals surface area (Å²) in [6.07, 6.45) is 0. The van der Waals surface area contributed by atoms with Gasteiger partial charge in [-0.15, -0.1) is 11.6 Å². The molecule has 104 valence electrons. The van der Waals surface area contributed by atoms with Crippen molar-refractivity contribution in [3.05, 3.63) is 47.3 Å². The summed E-state index contributed by atoms with van der Waals surface area (Å²) in [5.74, 6) is 0.271. The summed E-state index contributed by atoms with van der Waals surface area (Å²) in [7, 11) is 0. The summed E-state index contributed by atoms with van der Waals surface area (Å²) >= 11 is 5.65. The second kappa shape index (κ2) is 5.08. The maximum absolute atomic E-state index is 12.0. The van der Waals surface area contributed by atoms with Gasteiger partial charge in [0.15, 0.2) is 11.4 Å². The van der Waals surface area contributed by atoms with Crippen LogP contribution in [0.5, 0.6) is 0 Å². The number of ketones is 1. The first kappa shape index (κ1) is 13.4. The zero-order chi connectivity index (χ0) is 15.0. The molecule has 0 aliphatic carbocycles. The Morgan fingerprint density at radius 2 is 2.14 bits per heavy atom. The Morgan fingerprint density at radius 3 is 2.76 bits per heavy atom. The van der Waals surface area contributed by atoms with Gasteiger partial charge in [0, 0.05) is 11.6 Å². The normalized spacial score (nSPS) is 10.7. The highest BCUT2D eigenvalue weighted by atomic mass is 35.5. The maximum atomic E-state index is 12.0. The van der Waals surface area contributed by atoms with Crippen molar-refractivity contribution in [2.24, 2.45) is 0 Å². The second-order valence-corrected chi connectivity index (χ2v) is 4.82. The number of alkyl halides is 1. The first-order valence-corrected chi connectivity index (χ1v) is 6.76. The van der Waals surface area contributed by atoms with E-state index in [9.17, 15) is 4.79 Å². The van der Waals surface area contributed by atoms with Crippen LogP contribution in [0.1, 0.15) is 21.8 Å². The molecule has 0 unspecified atom stereocenters. The van der Waals surface area contributed by atoms with Crippen LogP contribution in [0, 0.1) is 18.3 Å². The molecule has 0 fully saturated rings. The average Bonchev–Trinajstić information content (AvgIpc) is 3.02. The van der Waals surface area contributed by atoms with Crippen molar-refractivity contribution in [3.8, 4) is 17.3 Å². The Hall–Kier alpha value is -2.58. The number of nitrogens with zero attached hydrogens (tertiary/aromatic N) is 3. The number of benzene rings is 1. The van der Waals surface area contributed by atoms with Crippen LogP contribution in [-0.2, 0) is 0 Å². The molecule has 21 heavy (non-hydrogen) atoms. The molecule has 0 saturated carbocycles. The van der Waals surface area contributed by atoms with Gasteiger partial charge in [-0.3, -0.25) is 4.79 Å². The molecule has 0 aliphatic rings. The van der Waals surface area contributed by atoms with E-state index in [4.69, 9.17) is 21.4 Å². The van der Waals surface area contributed by atoms with Crippen LogP contribution in [0.4, 0.5) is 0 Å². The van der Waals surface area contributed by atoms with Crippen molar-refractivity contribution in [2.45, 2.75) is 6.92 Å². The van der Waals surface area contributed by atoms with E-state index in [1.54, 1.807) is 37.3 Å². The van der Waals surface area contributed by atoms with E-state index in [1.807, 2.05) is 0 Å². The van der Waals surface area contributed by atoms with Crippen LogP contribution in [0.15, 0.2) is 34.9 Å². The minimum absolute atomic E-state index is 0.150. The number of hydrogen-bond acceptors (Lipinski definition) is 4. The third-order valence-electron chi connectivity index (χ3n) is 3.10. The number of hydrogen-bond donors (Lipinski definition) is 0. The molecular formula is C15H10ClN3O2. The van der Waals surface area contributed by atoms with Crippen LogP contribution in [0.25, 0.3) is 16.9 Å². The molecule has 3 aromatic rings. The Kier molecular flexibility index (Phi) is 3.24. The van der Waals surface area contributed by atoms with Crippen LogP contribution in [-0.4, -0.2) is 21.2 Å². The molecule has 2 aromatic heterocycles. The van der Waals surface area contributed by atoms with Gasteiger partial charge in [0.05, 0.1) is 17.5 Å². The molecule has 3 rings (SSSR count). The van der Waals surface area contributed by atoms with E-state index in [2.05, 4.69) is 11.1 Å². The number of nitriles is 1. The lowest BCUT2D eigenvalue weighted by molar-refractivity contribution is 0.101. The van der Waals surface area contributed by atoms with Gasteiger partial charge in [-0.1, -0.05) is 12.1 Å². The molecule has 0 atom stereocenters. The van der Waals surface area contributed by atoms with Gasteiger partial charge >= 0.3 is 0 Å². The second-order valence-electron chi connectivity index (χ2n) is 4.55. The van der Waals surface area contributed by atoms with Crippen LogP contribution in [0.2, 0.25) is 0 Å². The molecule has 2 heterocycles. The molecule has 0 radical (unpaired) electrons. The first-order valence-electron chi connectivity index (χ1n) is 6.23. The van der Waals surface area contributed by atoms with E-state index in [-0.39, 0.29) is 17.4 Å². The standard InChI is InChI=1S/C15H10ClN3O2/c1-9-6-13-18-14(12(20)7-16)15(19(13)21-9)11-4-2-10(8-17)3-5-11/h2-6H,7H2,1H3. The van der Waals surface area contributed by atoms with Gasteiger partial charge in [-0.2, -0.15) is 9.84 Å². The predicted molar refractivity (Wildman–Crippen MR) is 77.4 cm³/mol. The van der Waals surface area contributed by atoms with E-state index >= 15 is 0 Å². The molecule has 0 spiro atoms. The molecule has 0 bridgehead atoms. The number of rotatable bonds is 3.